The Morgan fingerprint density at radius 2 is 2.22 bits per heavy atom. The maximum absolute atomic E-state index is 11.5. The first-order chi connectivity index (χ1) is 8.52. The Balaban J connectivity index is 2.52. The molecule has 0 saturated heterocycles. The van der Waals surface area contributed by atoms with E-state index in [1.807, 2.05) is 0 Å². The third-order valence-corrected chi connectivity index (χ3v) is 1.93. The number of aromatic nitrogens is 4. The number of methoxy groups -OCH3 is 1. The molecule has 0 aliphatic carbocycles. The molecule has 0 bridgehead atoms. The van der Waals surface area contributed by atoms with Crippen LogP contribution in [0.25, 0.3) is 0 Å². The Morgan fingerprint density at radius 3 is 2.72 bits per heavy atom. The quantitative estimate of drug-likeness (QED) is 0.548. The minimum atomic E-state index is -1.35. The van der Waals surface area contributed by atoms with Crippen molar-refractivity contribution in [2.24, 2.45) is 0 Å². The zero-order valence-electron chi connectivity index (χ0n) is 9.44. The predicted molar refractivity (Wildman–Crippen MR) is 54.0 cm³/mol. The Labute approximate surface area is 101 Å². The van der Waals surface area contributed by atoms with Gasteiger partial charge in [0.25, 0.3) is 0 Å². The summed E-state index contributed by atoms with van der Waals surface area (Å²) in [6.45, 7) is -0.238. The van der Waals surface area contributed by atoms with Crippen LogP contribution in [0.4, 0.5) is 0 Å². The second kappa shape index (κ2) is 6.27. The van der Waals surface area contributed by atoms with Gasteiger partial charge in [0.05, 0.1) is 13.5 Å². The SMILES string of the molecule is COC(=O)C[C@H](NC(=O)Cn1cnnn1)C(=O)O. The van der Waals surface area contributed by atoms with Crippen LogP contribution in [0.1, 0.15) is 6.42 Å². The van der Waals surface area contributed by atoms with E-state index in [9.17, 15) is 14.4 Å². The fraction of sp³-hybridized carbons (Fsp3) is 0.500. The Morgan fingerprint density at radius 1 is 1.50 bits per heavy atom. The van der Waals surface area contributed by atoms with Crippen molar-refractivity contribution in [3.05, 3.63) is 6.33 Å². The van der Waals surface area contributed by atoms with Crippen LogP contribution in [0, 0.1) is 0 Å². The molecule has 18 heavy (non-hydrogen) atoms. The van der Waals surface area contributed by atoms with Crippen molar-refractivity contribution in [3.63, 3.8) is 0 Å². The number of carbonyl (C=O) groups excluding carboxylic acids is 2. The average Bonchev–Trinajstić information content (AvgIpc) is 2.80. The van der Waals surface area contributed by atoms with Crippen molar-refractivity contribution in [1.82, 2.24) is 25.5 Å². The third kappa shape index (κ3) is 4.15. The largest absolute Gasteiger partial charge is 0.480 e. The van der Waals surface area contributed by atoms with Crippen molar-refractivity contribution >= 4 is 17.8 Å². The summed E-state index contributed by atoms with van der Waals surface area (Å²) in [7, 11) is 1.13. The molecule has 98 valence electrons. The fourth-order valence-corrected chi connectivity index (χ4v) is 1.09. The third-order valence-electron chi connectivity index (χ3n) is 1.93. The van der Waals surface area contributed by atoms with Crippen LogP contribution in [0.2, 0.25) is 0 Å². The summed E-state index contributed by atoms with van der Waals surface area (Å²) in [4.78, 5) is 33.2. The topological polar surface area (TPSA) is 136 Å². The molecular weight excluding hydrogens is 246 g/mol. The molecule has 0 radical (unpaired) electrons. The van der Waals surface area contributed by atoms with Crippen LogP contribution >= 0.6 is 0 Å². The van der Waals surface area contributed by atoms with Gasteiger partial charge < -0.3 is 15.2 Å². The van der Waals surface area contributed by atoms with Gasteiger partial charge in [-0.15, -0.1) is 5.10 Å². The number of esters is 1. The molecule has 0 unspecified atom stereocenters. The number of carboxylic acids is 1. The number of hydrogen-bond donors (Lipinski definition) is 2. The van der Waals surface area contributed by atoms with Gasteiger partial charge in [0.15, 0.2) is 0 Å². The number of nitrogens with zero attached hydrogens (tertiary/aromatic N) is 4. The van der Waals surface area contributed by atoms with Crippen LogP contribution < -0.4 is 5.32 Å². The summed E-state index contributed by atoms with van der Waals surface area (Å²) >= 11 is 0. The number of amides is 1. The summed E-state index contributed by atoms with van der Waals surface area (Å²) in [5, 5.41) is 21.1. The molecule has 1 aromatic rings. The van der Waals surface area contributed by atoms with E-state index in [4.69, 9.17) is 5.11 Å². The molecule has 1 aromatic heterocycles. The van der Waals surface area contributed by atoms with E-state index in [2.05, 4.69) is 25.6 Å². The summed E-state index contributed by atoms with van der Waals surface area (Å²) < 4.78 is 5.44. The lowest BCUT2D eigenvalue weighted by Gasteiger charge is -2.12. The second-order valence-electron chi connectivity index (χ2n) is 3.25. The minimum absolute atomic E-state index is 0.238. The van der Waals surface area contributed by atoms with Crippen molar-refractivity contribution in [2.75, 3.05) is 7.11 Å². The Bertz CT molecular complexity index is 431. The first kappa shape index (κ1) is 13.5. The zero-order chi connectivity index (χ0) is 13.5. The highest BCUT2D eigenvalue weighted by Gasteiger charge is 2.23. The molecule has 1 heterocycles. The zero-order valence-corrected chi connectivity index (χ0v) is 9.44. The molecule has 0 spiro atoms. The molecule has 2 N–H and O–H groups in total. The van der Waals surface area contributed by atoms with Crippen LogP contribution in [0.5, 0.6) is 0 Å². The van der Waals surface area contributed by atoms with E-state index in [-0.39, 0.29) is 6.54 Å². The first-order valence-corrected chi connectivity index (χ1v) is 4.82. The number of tetrazole rings is 1. The monoisotopic (exact) mass is 257 g/mol. The normalized spacial score (nSPS) is 11.6. The predicted octanol–water partition coefficient (Wildman–Crippen LogP) is -2.19. The molecule has 0 fully saturated rings. The second-order valence-corrected chi connectivity index (χ2v) is 3.25. The minimum Gasteiger partial charge on any atom is -0.480 e. The van der Waals surface area contributed by atoms with Gasteiger partial charge in [-0.05, 0) is 10.4 Å². The van der Waals surface area contributed by atoms with E-state index in [0.717, 1.165) is 11.8 Å². The number of nitrogens with one attached hydrogen (secondary N) is 1. The number of hydrogen-bond acceptors (Lipinski definition) is 7. The summed E-state index contributed by atoms with van der Waals surface area (Å²) in [5.74, 6) is -2.69. The van der Waals surface area contributed by atoms with Crippen LogP contribution in [0.3, 0.4) is 0 Å². The van der Waals surface area contributed by atoms with Gasteiger partial charge in [0, 0.05) is 0 Å². The van der Waals surface area contributed by atoms with E-state index in [1.54, 1.807) is 0 Å². The molecule has 10 nitrogen and oxygen atoms in total. The van der Waals surface area contributed by atoms with Gasteiger partial charge >= 0.3 is 11.9 Å². The Kier molecular flexibility index (Phi) is 4.72. The van der Waals surface area contributed by atoms with Gasteiger partial charge in [-0.3, -0.25) is 9.59 Å². The van der Waals surface area contributed by atoms with E-state index >= 15 is 0 Å². The van der Waals surface area contributed by atoms with Gasteiger partial charge in [0.2, 0.25) is 5.91 Å². The summed E-state index contributed by atoms with van der Waals surface area (Å²) in [6.07, 6.45) is 0.753. The number of carboxylic acid groups (broad SMARTS) is 1. The molecular formula is C8H11N5O5. The maximum Gasteiger partial charge on any atom is 0.326 e. The Hall–Kier alpha value is -2.52. The van der Waals surface area contributed by atoms with Crippen LogP contribution in [-0.2, 0) is 25.7 Å². The summed E-state index contributed by atoms with van der Waals surface area (Å²) in [5.41, 5.74) is 0. The molecule has 0 aliphatic rings. The molecule has 0 saturated carbocycles. The highest BCUT2D eigenvalue weighted by molar-refractivity contribution is 5.87. The molecule has 0 aliphatic heterocycles. The lowest BCUT2D eigenvalue weighted by Crippen LogP contribution is -2.43. The molecule has 1 rings (SSSR count). The van der Waals surface area contributed by atoms with Crippen LogP contribution in [-0.4, -0.2) is 56.3 Å². The molecule has 10 heteroatoms. The lowest BCUT2D eigenvalue weighted by molar-refractivity contribution is -0.148. The first-order valence-electron chi connectivity index (χ1n) is 4.82. The van der Waals surface area contributed by atoms with Crippen molar-refractivity contribution in [2.45, 2.75) is 19.0 Å². The van der Waals surface area contributed by atoms with Gasteiger partial charge in [0.1, 0.15) is 18.9 Å². The number of aliphatic carboxylic acids is 1. The smallest absolute Gasteiger partial charge is 0.326 e. The fourth-order valence-electron chi connectivity index (χ4n) is 1.09. The number of rotatable bonds is 6. The number of ether oxygens (including phenoxy) is 1. The molecule has 1 atom stereocenters. The van der Waals surface area contributed by atoms with Crippen LogP contribution in [0.15, 0.2) is 6.33 Å². The molecule has 0 aromatic carbocycles. The average molecular weight is 257 g/mol. The van der Waals surface area contributed by atoms with Gasteiger partial charge in [-0.2, -0.15) is 0 Å². The standard InChI is InChI=1S/C8H11N5O5/c1-18-7(15)2-5(8(16)17)10-6(14)3-13-4-9-11-12-13/h4-5H,2-3H2,1H3,(H,10,14)(H,16,17)/t5-/m0/s1. The highest BCUT2D eigenvalue weighted by atomic mass is 16.5. The highest BCUT2D eigenvalue weighted by Crippen LogP contribution is 1.95. The number of carbonyl (C=O) groups is 3. The maximum atomic E-state index is 11.5. The van der Waals surface area contributed by atoms with Crippen molar-refractivity contribution in [1.29, 1.82) is 0 Å². The summed E-state index contributed by atoms with van der Waals surface area (Å²) in [6, 6.07) is -1.35. The lowest BCUT2D eigenvalue weighted by atomic mass is 10.2. The van der Waals surface area contributed by atoms with Gasteiger partial charge in [-0.25, -0.2) is 9.48 Å². The van der Waals surface area contributed by atoms with Gasteiger partial charge in [-0.1, -0.05) is 0 Å². The molecule has 1 amide bonds. The van der Waals surface area contributed by atoms with Crippen molar-refractivity contribution < 1.29 is 24.2 Å². The van der Waals surface area contributed by atoms with E-state index in [0.29, 0.717) is 0 Å². The van der Waals surface area contributed by atoms with E-state index < -0.39 is 30.3 Å². The van der Waals surface area contributed by atoms with E-state index in [1.165, 1.54) is 6.33 Å². The van der Waals surface area contributed by atoms with Crippen molar-refractivity contribution in [3.8, 4) is 0 Å².